The second-order valence-electron chi connectivity index (χ2n) is 11.4. The number of hydrogen-bond acceptors (Lipinski definition) is 3. The Labute approximate surface area is 236 Å². The normalized spacial score (nSPS) is 12.3. The van der Waals surface area contributed by atoms with Crippen molar-refractivity contribution in [2.24, 2.45) is 5.92 Å². The lowest BCUT2D eigenvalue weighted by atomic mass is 9.98. The molecule has 0 radical (unpaired) electrons. The van der Waals surface area contributed by atoms with Gasteiger partial charge in [0.2, 0.25) is 0 Å². The first-order chi connectivity index (χ1) is 18.6. The highest BCUT2D eigenvalue weighted by atomic mass is 16.5. The van der Waals surface area contributed by atoms with Crippen molar-refractivity contribution in [1.82, 2.24) is 0 Å². The van der Waals surface area contributed by atoms with E-state index in [0.29, 0.717) is 13.0 Å². The van der Waals surface area contributed by atoms with Crippen LogP contribution in [0.2, 0.25) is 0 Å². The van der Waals surface area contributed by atoms with E-state index < -0.39 is 11.9 Å². The molecule has 224 valence electrons. The molecule has 0 fully saturated rings. The summed E-state index contributed by atoms with van der Waals surface area (Å²) in [7, 11) is 0. The number of carboxylic acids is 1. The van der Waals surface area contributed by atoms with E-state index in [-0.39, 0.29) is 12.4 Å². The molecule has 1 N–H and O–H groups in total. The van der Waals surface area contributed by atoms with Crippen molar-refractivity contribution in [1.29, 1.82) is 0 Å². The third-order valence-corrected chi connectivity index (χ3v) is 7.52. The van der Waals surface area contributed by atoms with Gasteiger partial charge in [-0.05, 0) is 38.5 Å². The Morgan fingerprint density at radius 1 is 0.579 bits per heavy atom. The van der Waals surface area contributed by atoms with Gasteiger partial charge in [0.1, 0.15) is 0 Å². The van der Waals surface area contributed by atoms with Gasteiger partial charge < -0.3 is 9.84 Å². The molecule has 0 aromatic heterocycles. The van der Waals surface area contributed by atoms with Crippen LogP contribution in [0.1, 0.15) is 181 Å². The van der Waals surface area contributed by atoms with Gasteiger partial charge in [0, 0.05) is 0 Å². The first-order valence-electron chi connectivity index (χ1n) is 16.6. The molecule has 0 spiro atoms. The van der Waals surface area contributed by atoms with Gasteiger partial charge in [0.25, 0.3) is 0 Å². The van der Waals surface area contributed by atoms with Crippen molar-refractivity contribution >= 4 is 11.9 Å². The van der Waals surface area contributed by atoms with E-state index >= 15 is 0 Å². The molecule has 0 saturated carbocycles. The third-order valence-electron chi connectivity index (χ3n) is 7.52. The van der Waals surface area contributed by atoms with E-state index in [1.165, 1.54) is 128 Å². The van der Waals surface area contributed by atoms with Crippen LogP contribution in [0.5, 0.6) is 0 Å². The summed E-state index contributed by atoms with van der Waals surface area (Å²) in [5.41, 5.74) is 0. The molecule has 0 aromatic rings. The summed E-state index contributed by atoms with van der Waals surface area (Å²) in [5.74, 6) is -1.81. The molecule has 0 bridgehead atoms. The molecule has 1 atom stereocenters. The van der Waals surface area contributed by atoms with Crippen LogP contribution in [0.3, 0.4) is 0 Å². The number of carboxylic acid groups (broad SMARTS) is 1. The van der Waals surface area contributed by atoms with Crippen molar-refractivity contribution in [3.05, 3.63) is 12.2 Å². The van der Waals surface area contributed by atoms with Crippen LogP contribution in [0.4, 0.5) is 0 Å². The molecule has 0 aromatic carbocycles. The third kappa shape index (κ3) is 27.7. The summed E-state index contributed by atoms with van der Waals surface area (Å²) in [4.78, 5) is 23.0. The van der Waals surface area contributed by atoms with E-state index in [4.69, 9.17) is 9.84 Å². The van der Waals surface area contributed by atoms with E-state index in [2.05, 4.69) is 19.1 Å². The summed E-state index contributed by atoms with van der Waals surface area (Å²) in [6, 6.07) is 0. The predicted molar refractivity (Wildman–Crippen MR) is 163 cm³/mol. The van der Waals surface area contributed by atoms with E-state index in [1.54, 1.807) is 0 Å². The number of carbonyl (C=O) groups is 2. The molecule has 0 heterocycles. The molecule has 0 aliphatic heterocycles. The number of hydrogen-bond donors (Lipinski definition) is 1. The van der Waals surface area contributed by atoms with Crippen LogP contribution in [-0.2, 0) is 14.3 Å². The van der Waals surface area contributed by atoms with Crippen LogP contribution in [0.15, 0.2) is 12.2 Å². The summed E-state index contributed by atoms with van der Waals surface area (Å²) >= 11 is 0. The Bertz CT molecular complexity index is 543. The van der Waals surface area contributed by atoms with E-state index in [0.717, 1.165) is 25.7 Å². The number of unbranched alkanes of at least 4 members (excludes halogenated alkanes) is 21. The smallest absolute Gasteiger partial charge is 0.309 e. The highest BCUT2D eigenvalue weighted by Gasteiger charge is 2.22. The highest BCUT2D eigenvalue weighted by molar-refractivity contribution is 5.79. The molecule has 4 heteroatoms. The summed E-state index contributed by atoms with van der Waals surface area (Å²) in [6.07, 6.45) is 36.7. The lowest BCUT2D eigenvalue weighted by Gasteiger charge is -2.13. The van der Waals surface area contributed by atoms with Crippen molar-refractivity contribution in [2.45, 2.75) is 181 Å². The average Bonchev–Trinajstić information content (AvgIpc) is 2.90. The Kier molecular flexibility index (Phi) is 29.2. The minimum absolute atomic E-state index is 0.133. The fourth-order valence-corrected chi connectivity index (χ4v) is 5.07. The number of carbonyl (C=O) groups excluding carboxylic acids is 1. The van der Waals surface area contributed by atoms with Crippen LogP contribution in [0.25, 0.3) is 0 Å². The number of aliphatic carboxylic acids is 1. The monoisotopic (exact) mass is 536 g/mol. The van der Waals surface area contributed by atoms with E-state index in [1.807, 2.05) is 6.92 Å². The van der Waals surface area contributed by atoms with Gasteiger partial charge in [-0.25, -0.2) is 0 Å². The van der Waals surface area contributed by atoms with Gasteiger partial charge in [0.05, 0.1) is 18.9 Å². The lowest BCUT2D eigenvalue weighted by Crippen LogP contribution is -2.21. The van der Waals surface area contributed by atoms with Gasteiger partial charge in [0.15, 0.2) is 0 Å². The average molecular weight is 537 g/mol. The first kappa shape index (κ1) is 36.7. The summed E-state index contributed by atoms with van der Waals surface area (Å²) in [6.45, 7) is 4.59. The van der Waals surface area contributed by atoms with Crippen molar-refractivity contribution in [3.63, 3.8) is 0 Å². The van der Waals surface area contributed by atoms with Gasteiger partial charge in [-0.2, -0.15) is 0 Å². The molecule has 0 aliphatic carbocycles. The van der Waals surface area contributed by atoms with Gasteiger partial charge in [-0.1, -0.05) is 148 Å². The number of rotatable bonds is 30. The lowest BCUT2D eigenvalue weighted by molar-refractivity contribution is -0.153. The van der Waals surface area contributed by atoms with Crippen molar-refractivity contribution in [2.75, 3.05) is 6.61 Å². The molecular formula is C34H64O4. The van der Waals surface area contributed by atoms with E-state index in [9.17, 15) is 9.59 Å². The zero-order chi connectivity index (χ0) is 27.9. The maximum atomic E-state index is 12.0. The molecule has 0 amide bonds. The molecule has 4 nitrogen and oxygen atoms in total. The Hall–Kier alpha value is -1.32. The Morgan fingerprint density at radius 2 is 0.974 bits per heavy atom. The van der Waals surface area contributed by atoms with Crippen LogP contribution >= 0.6 is 0 Å². The van der Waals surface area contributed by atoms with Gasteiger partial charge in [-0.3, -0.25) is 9.59 Å². The summed E-state index contributed by atoms with van der Waals surface area (Å²) in [5, 5.41) is 9.03. The highest BCUT2D eigenvalue weighted by Crippen LogP contribution is 2.17. The molecule has 0 aliphatic rings. The minimum Gasteiger partial charge on any atom is -0.481 e. The molecule has 1 unspecified atom stereocenters. The second kappa shape index (κ2) is 30.2. The zero-order valence-electron chi connectivity index (χ0n) is 25.5. The molecule has 0 saturated heterocycles. The quantitative estimate of drug-likeness (QED) is 0.0563. The Balaban J connectivity index is 3.38. The van der Waals surface area contributed by atoms with Crippen molar-refractivity contribution < 1.29 is 19.4 Å². The zero-order valence-corrected chi connectivity index (χ0v) is 25.5. The van der Waals surface area contributed by atoms with Crippen LogP contribution in [0, 0.1) is 5.92 Å². The predicted octanol–water partition coefficient (Wildman–Crippen LogP) is 11.0. The first-order valence-corrected chi connectivity index (χ1v) is 16.6. The number of allylic oxidation sites excluding steroid dienone is 2. The summed E-state index contributed by atoms with van der Waals surface area (Å²) < 4.78 is 5.14. The van der Waals surface area contributed by atoms with Crippen LogP contribution < -0.4 is 0 Å². The number of esters is 1. The maximum Gasteiger partial charge on any atom is 0.309 e. The molecule has 0 rings (SSSR count). The second-order valence-corrected chi connectivity index (χ2v) is 11.4. The van der Waals surface area contributed by atoms with Crippen LogP contribution in [-0.4, -0.2) is 23.7 Å². The Morgan fingerprint density at radius 3 is 1.37 bits per heavy atom. The fourth-order valence-electron chi connectivity index (χ4n) is 5.07. The largest absolute Gasteiger partial charge is 0.481 e. The molecular weight excluding hydrogens is 472 g/mol. The number of ether oxygens (including phenoxy) is 1. The maximum absolute atomic E-state index is 12.0. The van der Waals surface area contributed by atoms with Gasteiger partial charge in [-0.15, -0.1) is 0 Å². The topological polar surface area (TPSA) is 63.6 Å². The minimum atomic E-state index is -0.932. The van der Waals surface area contributed by atoms with Gasteiger partial charge >= 0.3 is 11.9 Å². The SMILES string of the molecule is CCCCCCCCCCCCCCCCCCCCCC/C=C/CCCC(CC(=O)O)C(=O)OCCC. The molecule has 38 heavy (non-hydrogen) atoms. The van der Waals surface area contributed by atoms with Crippen molar-refractivity contribution in [3.8, 4) is 0 Å². The fraction of sp³-hybridized carbons (Fsp3) is 0.882. The standard InChI is InChI=1S/C34H64O4/c1-3-5-6-7-8-9-10-11-12-13-14-15-16-17-18-19-20-21-22-23-24-25-26-27-28-29-32(31-33(35)36)34(37)38-30-4-2/h25-26,32H,3-24,27-31H2,1-2H3,(H,35,36)/b26-25+.